The molecule has 2 saturated carbocycles. The van der Waals surface area contributed by atoms with Crippen LogP contribution in [0.15, 0.2) is 30.6 Å². The van der Waals surface area contributed by atoms with Gasteiger partial charge < -0.3 is 35.5 Å². The second-order valence-corrected chi connectivity index (χ2v) is 14.8. The highest BCUT2D eigenvalue weighted by molar-refractivity contribution is 6.34. The van der Waals surface area contributed by atoms with Crippen molar-refractivity contribution in [2.45, 2.75) is 76.5 Å². The van der Waals surface area contributed by atoms with Crippen LogP contribution in [-0.4, -0.2) is 91.4 Å². The molecule has 2 aromatic heterocycles. The van der Waals surface area contributed by atoms with Crippen LogP contribution in [-0.2, 0) is 24.5 Å². The number of imidazole rings is 1. The van der Waals surface area contributed by atoms with Crippen LogP contribution in [0, 0.1) is 11.8 Å². The zero-order valence-electron chi connectivity index (χ0n) is 28.9. The summed E-state index contributed by atoms with van der Waals surface area (Å²) < 4.78 is 73.4. The van der Waals surface area contributed by atoms with Crippen molar-refractivity contribution in [1.29, 1.82) is 0 Å². The van der Waals surface area contributed by atoms with Gasteiger partial charge in [0.25, 0.3) is 18.2 Å². The van der Waals surface area contributed by atoms with Gasteiger partial charge in [-0.05, 0) is 51.8 Å². The Morgan fingerprint density at radius 2 is 1.66 bits per heavy atom. The summed E-state index contributed by atoms with van der Waals surface area (Å²) in [5.74, 6) is -1.38. The van der Waals surface area contributed by atoms with Crippen LogP contribution in [0.3, 0.4) is 0 Å². The molecule has 3 atom stereocenters. The summed E-state index contributed by atoms with van der Waals surface area (Å²) >= 11 is 6.40. The number of carbonyl (C=O) groups is 4. The molecule has 1 saturated heterocycles. The van der Waals surface area contributed by atoms with Crippen molar-refractivity contribution >= 4 is 41.2 Å². The van der Waals surface area contributed by atoms with Gasteiger partial charge >= 0.3 is 18.3 Å². The summed E-state index contributed by atoms with van der Waals surface area (Å²) in [6, 6.07) is 3.69. The Bertz CT molecular complexity index is 1910. The first-order valence-electron chi connectivity index (χ1n) is 16.7. The zero-order valence-corrected chi connectivity index (χ0v) is 29.7. The van der Waals surface area contributed by atoms with Gasteiger partial charge in [-0.25, -0.2) is 23.4 Å². The minimum Gasteiger partial charge on any atom is -0.444 e. The van der Waals surface area contributed by atoms with Gasteiger partial charge in [0.05, 0.1) is 28.0 Å². The van der Waals surface area contributed by atoms with Crippen molar-refractivity contribution in [3.63, 3.8) is 0 Å². The number of alkyl halides is 5. The van der Waals surface area contributed by atoms with Crippen LogP contribution in [0.2, 0.25) is 5.02 Å². The number of halogens is 6. The maximum atomic E-state index is 13.7. The normalized spacial score (nSPS) is 22.2. The number of likely N-dealkylation sites (tertiary alicyclic amines) is 1. The topological polar surface area (TPSA) is 165 Å². The van der Waals surface area contributed by atoms with Crippen molar-refractivity contribution in [3.8, 4) is 11.3 Å². The Balaban J connectivity index is 0.982. The number of aromatic nitrogens is 4. The fourth-order valence-electron chi connectivity index (χ4n) is 6.62. The van der Waals surface area contributed by atoms with E-state index in [0.717, 1.165) is 17.0 Å². The largest absolute Gasteiger partial charge is 0.444 e. The van der Waals surface area contributed by atoms with E-state index in [4.69, 9.17) is 16.3 Å². The lowest BCUT2D eigenvalue weighted by molar-refractivity contribution is -0.141. The van der Waals surface area contributed by atoms with Crippen molar-refractivity contribution in [1.82, 2.24) is 40.2 Å². The van der Waals surface area contributed by atoms with Gasteiger partial charge in [0.2, 0.25) is 0 Å². The molecule has 286 valence electrons. The molecule has 14 nitrogen and oxygen atoms in total. The maximum Gasteiger partial charge on any atom is 0.435 e. The predicted octanol–water partition coefficient (Wildman–Crippen LogP) is 4.90. The highest BCUT2D eigenvalue weighted by Crippen LogP contribution is 2.46. The molecule has 2 aliphatic carbocycles. The quantitative estimate of drug-likeness (QED) is 0.225. The van der Waals surface area contributed by atoms with Gasteiger partial charge in [-0.2, -0.15) is 18.3 Å². The number of urea groups is 1. The Morgan fingerprint density at radius 1 is 1.00 bits per heavy atom. The lowest BCUT2D eigenvalue weighted by Crippen LogP contribution is -2.56. The fourth-order valence-corrected chi connectivity index (χ4v) is 6.88. The minimum atomic E-state index is -4.96. The first kappa shape index (κ1) is 37.8. The molecule has 0 bridgehead atoms. The van der Waals surface area contributed by atoms with Crippen LogP contribution in [0.1, 0.15) is 60.3 Å². The molecule has 20 heteroatoms. The third kappa shape index (κ3) is 8.49. The SMILES string of the molecule is Cn1c(-c2cn(CC(F)F)nc2C(F)(F)F)cnc1C(=O)Nc1ccc(C(=O)NC2[C@H]3CN(C(=O)N[C@H]4C[C@@H](NC(=O)OC(C)(C)C)C4)C[C@@H]23)c(Cl)c1. The number of benzene rings is 1. The molecule has 3 aromatic rings. The van der Waals surface area contributed by atoms with Gasteiger partial charge in [0.1, 0.15) is 12.1 Å². The number of amides is 5. The molecule has 0 spiro atoms. The first-order valence-corrected chi connectivity index (χ1v) is 17.1. The fraction of sp³-hybridized carbons (Fsp3) is 0.515. The van der Waals surface area contributed by atoms with E-state index in [2.05, 4.69) is 31.3 Å². The summed E-state index contributed by atoms with van der Waals surface area (Å²) in [6.45, 7) is 5.23. The van der Waals surface area contributed by atoms with E-state index in [-0.39, 0.29) is 63.8 Å². The van der Waals surface area contributed by atoms with E-state index in [1.54, 1.807) is 25.7 Å². The van der Waals surface area contributed by atoms with Crippen LogP contribution in [0.25, 0.3) is 11.3 Å². The number of nitrogens with zero attached hydrogens (tertiary/aromatic N) is 5. The number of hydrogen-bond acceptors (Lipinski definition) is 7. The summed E-state index contributed by atoms with van der Waals surface area (Å²) in [5.41, 5.74) is -2.39. The van der Waals surface area contributed by atoms with Crippen LogP contribution < -0.4 is 21.3 Å². The molecule has 5 amide bonds. The molecule has 1 unspecified atom stereocenters. The standard InChI is InChI=1S/C33H37ClF5N9O5/c1-32(2,3)53-31(52)43-17-7-16(8-17)42-30(51)47-11-19-20(12-47)25(19)44-28(49)18-6-5-15(9-22(18)34)41-29(50)27-40-10-23(46(27)4)21-13-48(14-24(35)36)45-26(21)33(37,38)39/h5-6,9-10,13,16-17,19-20,24-25H,7-8,11-12,14H2,1-4H3,(H,41,50)(H,42,51)(H,43,52)(H,44,49)/t16-,17+,19-,20+,25?. The number of rotatable bonds is 9. The van der Waals surface area contributed by atoms with Crippen molar-refractivity contribution in [3.05, 3.63) is 52.7 Å². The lowest BCUT2D eigenvalue weighted by atomic mass is 9.87. The molecule has 4 N–H and O–H groups in total. The van der Waals surface area contributed by atoms with Gasteiger partial charge in [-0.1, -0.05) is 11.6 Å². The smallest absolute Gasteiger partial charge is 0.435 e. The molecular formula is C33H37ClF5N9O5. The van der Waals surface area contributed by atoms with Gasteiger partial charge in [-0.15, -0.1) is 0 Å². The van der Waals surface area contributed by atoms with Crippen molar-refractivity contribution in [2.24, 2.45) is 18.9 Å². The average Bonchev–Trinajstić information content (AvgIpc) is 3.42. The van der Waals surface area contributed by atoms with Crippen molar-refractivity contribution < 1.29 is 45.9 Å². The monoisotopic (exact) mass is 769 g/mol. The Labute approximate surface area is 304 Å². The summed E-state index contributed by atoms with van der Waals surface area (Å²) in [5, 5.41) is 14.6. The molecule has 0 radical (unpaired) electrons. The molecular weight excluding hydrogens is 733 g/mol. The van der Waals surface area contributed by atoms with E-state index >= 15 is 0 Å². The van der Waals surface area contributed by atoms with E-state index in [0.29, 0.717) is 30.6 Å². The third-order valence-corrected chi connectivity index (χ3v) is 9.57. The molecule has 3 aliphatic rings. The second-order valence-electron chi connectivity index (χ2n) is 14.4. The third-order valence-electron chi connectivity index (χ3n) is 9.26. The number of anilines is 1. The molecule has 6 rings (SSSR count). The van der Waals surface area contributed by atoms with Crippen LogP contribution >= 0.6 is 11.6 Å². The van der Waals surface area contributed by atoms with E-state index < -0.39 is 53.9 Å². The number of fused-ring (bicyclic) bond motifs is 1. The van der Waals surface area contributed by atoms with Gasteiger partial charge in [0, 0.05) is 62.0 Å². The molecule has 53 heavy (non-hydrogen) atoms. The summed E-state index contributed by atoms with van der Waals surface area (Å²) in [6.07, 6.45) is -5.36. The van der Waals surface area contributed by atoms with Gasteiger partial charge in [0.15, 0.2) is 11.5 Å². The predicted molar refractivity (Wildman–Crippen MR) is 179 cm³/mol. The molecule has 3 fully saturated rings. The second kappa shape index (κ2) is 14.1. The number of ether oxygens (including phenoxy) is 1. The first-order chi connectivity index (χ1) is 24.8. The van der Waals surface area contributed by atoms with E-state index in [1.807, 2.05) is 0 Å². The molecule has 1 aliphatic heterocycles. The van der Waals surface area contributed by atoms with E-state index in [1.165, 1.54) is 25.2 Å². The van der Waals surface area contributed by atoms with Crippen molar-refractivity contribution in [2.75, 3.05) is 18.4 Å². The lowest BCUT2D eigenvalue weighted by Gasteiger charge is -2.37. The highest BCUT2D eigenvalue weighted by Gasteiger charge is 2.57. The summed E-state index contributed by atoms with van der Waals surface area (Å²) in [7, 11) is 1.29. The summed E-state index contributed by atoms with van der Waals surface area (Å²) in [4.78, 5) is 56.5. The molecule has 1 aromatic carbocycles. The molecule has 3 heterocycles. The average molecular weight is 770 g/mol. The van der Waals surface area contributed by atoms with Crippen LogP contribution in [0.5, 0.6) is 0 Å². The number of alkyl carbamates (subject to hydrolysis) is 1. The Hall–Kier alpha value is -4.94. The van der Waals surface area contributed by atoms with Gasteiger partial charge in [-0.3, -0.25) is 14.3 Å². The number of hydrogen-bond donors (Lipinski definition) is 4. The zero-order chi connectivity index (χ0) is 38.6. The Kier molecular flexibility index (Phi) is 10.1. The van der Waals surface area contributed by atoms with E-state index in [9.17, 15) is 41.1 Å². The number of piperidine rings is 1. The Morgan fingerprint density at radius 3 is 2.26 bits per heavy atom. The highest BCUT2D eigenvalue weighted by atomic mass is 35.5. The number of nitrogens with one attached hydrogen (secondary N) is 4. The maximum absolute atomic E-state index is 13.7. The van der Waals surface area contributed by atoms with Crippen LogP contribution in [0.4, 0.5) is 37.2 Å². The minimum absolute atomic E-state index is 0.0221. The number of carbonyl (C=O) groups excluding carboxylic acids is 4.